The highest BCUT2D eigenvalue weighted by molar-refractivity contribution is 14.3. The van der Waals surface area contributed by atoms with Crippen molar-refractivity contribution in [2.75, 3.05) is 26.2 Å². The highest BCUT2D eigenvalue weighted by atomic mass is 127. The van der Waals surface area contributed by atoms with Gasteiger partial charge in [0.25, 0.3) is 0 Å². The van der Waals surface area contributed by atoms with Crippen molar-refractivity contribution in [2.24, 2.45) is 0 Å². The molecule has 0 unspecified atom stereocenters. The standard InChI is InChI=1S/C10H20I2N2S/c11-15(12,13-7-3-1-4-8-13)14-9-5-2-6-10-14/h1-10H2. The Morgan fingerprint density at radius 2 is 0.933 bits per heavy atom. The first-order valence-electron chi connectivity index (χ1n) is 5.94. The minimum Gasteiger partial charge on any atom is -0.240 e. The Morgan fingerprint density at radius 3 is 1.27 bits per heavy atom. The lowest BCUT2D eigenvalue weighted by atomic mass is 10.2. The number of nitrogens with zero attached hydrogens (tertiary/aromatic N) is 2. The molecule has 0 saturated carbocycles. The molecule has 2 rings (SSSR count). The summed E-state index contributed by atoms with van der Waals surface area (Å²) in [5, 5.41) is 0. The van der Waals surface area contributed by atoms with Crippen LogP contribution in [0.1, 0.15) is 38.5 Å². The number of piperidine rings is 2. The van der Waals surface area contributed by atoms with Crippen LogP contribution in [0.3, 0.4) is 0 Å². The van der Waals surface area contributed by atoms with E-state index in [0.717, 1.165) is 0 Å². The fourth-order valence-corrected chi connectivity index (χ4v) is 8.78. The molecular formula is C10H20I2N2S. The summed E-state index contributed by atoms with van der Waals surface area (Å²) in [7, 11) is 0. The highest BCUT2D eigenvalue weighted by Gasteiger charge is 2.33. The van der Waals surface area contributed by atoms with E-state index in [1.54, 1.807) is 0 Å². The molecule has 2 heterocycles. The van der Waals surface area contributed by atoms with Crippen LogP contribution in [0.15, 0.2) is 0 Å². The van der Waals surface area contributed by atoms with E-state index >= 15 is 0 Å². The van der Waals surface area contributed by atoms with Crippen molar-refractivity contribution in [1.29, 1.82) is 0 Å². The van der Waals surface area contributed by atoms with E-state index in [-0.39, 0.29) is 0 Å². The van der Waals surface area contributed by atoms with E-state index < -0.39 is 4.74 Å². The van der Waals surface area contributed by atoms with Crippen molar-refractivity contribution in [3.05, 3.63) is 0 Å². The quantitative estimate of drug-likeness (QED) is 0.575. The van der Waals surface area contributed by atoms with Gasteiger partial charge in [0.2, 0.25) is 0 Å². The molecule has 0 aromatic heterocycles. The van der Waals surface area contributed by atoms with Crippen LogP contribution in [-0.2, 0) is 0 Å². The predicted molar refractivity (Wildman–Crippen MR) is 86.5 cm³/mol. The maximum absolute atomic E-state index is 2.75. The molecule has 0 aliphatic carbocycles. The fourth-order valence-electron chi connectivity index (χ4n) is 2.33. The molecule has 0 bridgehead atoms. The van der Waals surface area contributed by atoms with Gasteiger partial charge in [0.1, 0.15) is 0 Å². The molecule has 0 radical (unpaired) electrons. The van der Waals surface area contributed by atoms with Crippen LogP contribution in [0.2, 0.25) is 0 Å². The summed E-state index contributed by atoms with van der Waals surface area (Å²) in [5.41, 5.74) is 0. The molecular weight excluding hydrogens is 434 g/mol. The largest absolute Gasteiger partial charge is 0.240 e. The van der Waals surface area contributed by atoms with Crippen molar-refractivity contribution in [3.63, 3.8) is 0 Å². The number of rotatable bonds is 2. The lowest BCUT2D eigenvalue weighted by Gasteiger charge is -2.49. The van der Waals surface area contributed by atoms with Crippen molar-refractivity contribution in [3.8, 4) is 0 Å². The molecule has 0 aromatic rings. The maximum Gasteiger partial charge on any atom is 0.0169 e. The Labute approximate surface area is 119 Å². The average molecular weight is 454 g/mol. The molecule has 0 aromatic carbocycles. The molecule has 2 fully saturated rings. The third kappa shape index (κ3) is 3.35. The van der Waals surface area contributed by atoms with E-state index in [1.165, 1.54) is 64.7 Å². The minimum absolute atomic E-state index is 0.678. The van der Waals surface area contributed by atoms with Gasteiger partial charge >= 0.3 is 0 Å². The fraction of sp³-hybridized carbons (Fsp3) is 1.00. The summed E-state index contributed by atoms with van der Waals surface area (Å²) < 4.78 is 4.83. The van der Waals surface area contributed by atoms with E-state index in [2.05, 4.69) is 51.0 Å². The summed E-state index contributed by atoms with van der Waals surface area (Å²) in [6.45, 7) is 5.32. The SMILES string of the molecule is IS(I)(N1CCCCC1)N1CCCCC1. The Balaban J connectivity index is 1.96. The molecule has 0 amide bonds. The molecule has 15 heavy (non-hydrogen) atoms. The zero-order valence-electron chi connectivity index (χ0n) is 9.13. The third-order valence-corrected chi connectivity index (χ3v) is 11.9. The molecule has 5 heteroatoms. The van der Waals surface area contributed by atoms with Crippen LogP contribution in [0.25, 0.3) is 0 Å². The number of hydrogen-bond acceptors (Lipinski definition) is 2. The van der Waals surface area contributed by atoms with Crippen LogP contribution in [0.5, 0.6) is 0 Å². The first kappa shape index (κ1) is 13.2. The van der Waals surface area contributed by atoms with E-state index in [9.17, 15) is 0 Å². The van der Waals surface area contributed by atoms with Crippen LogP contribution >= 0.6 is 47.2 Å². The normalized spacial score (nSPS) is 27.9. The average Bonchev–Trinajstić information content (AvgIpc) is 2.31. The first-order chi connectivity index (χ1) is 7.21. The predicted octanol–water partition coefficient (Wildman–Crippen LogP) is 4.29. The van der Waals surface area contributed by atoms with Crippen LogP contribution in [0.4, 0.5) is 0 Å². The molecule has 0 spiro atoms. The summed E-state index contributed by atoms with van der Waals surface area (Å²) >= 11 is 5.47. The number of hydrogen-bond donors (Lipinski definition) is 0. The third-order valence-electron chi connectivity index (χ3n) is 3.25. The van der Waals surface area contributed by atoms with Gasteiger partial charge in [0.15, 0.2) is 0 Å². The van der Waals surface area contributed by atoms with Gasteiger partial charge in [-0.3, -0.25) is 0 Å². The lowest BCUT2D eigenvalue weighted by Crippen LogP contribution is -2.39. The van der Waals surface area contributed by atoms with Crippen LogP contribution < -0.4 is 0 Å². The second-order valence-electron chi connectivity index (χ2n) is 4.40. The molecule has 0 atom stereocenters. The minimum atomic E-state index is -0.678. The van der Waals surface area contributed by atoms with Gasteiger partial charge < -0.3 is 0 Å². The van der Waals surface area contributed by atoms with Gasteiger partial charge in [-0.15, -0.1) is 0 Å². The van der Waals surface area contributed by atoms with E-state index in [4.69, 9.17) is 0 Å². The molecule has 2 nitrogen and oxygen atoms in total. The first-order valence-corrected chi connectivity index (χ1v) is 12.6. The summed E-state index contributed by atoms with van der Waals surface area (Å²) in [6, 6.07) is 0. The summed E-state index contributed by atoms with van der Waals surface area (Å²) in [5.74, 6) is 0. The summed E-state index contributed by atoms with van der Waals surface area (Å²) in [4.78, 5) is 0. The topological polar surface area (TPSA) is 6.48 Å². The van der Waals surface area contributed by atoms with Crippen molar-refractivity contribution < 1.29 is 0 Å². The Kier molecular flexibility index (Phi) is 5.32. The van der Waals surface area contributed by atoms with Gasteiger partial charge in [-0.25, -0.2) is 8.61 Å². The van der Waals surface area contributed by atoms with Crippen LogP contribution in [0, 0.1) is 0 Å². The zero-order chi connectivity index (χ0) is 10.7. The lowest BCUT2D eigenvalue weighted by molar-refractivity contribution is 0.330. The van der Waals surface area contributed by atoms with Gasteiger partial charge in [0, 0.05) is 68.6 Å². The molecule has 2 aliphatic heterocycles. The van der Waals surface area contributed by atoms with E-state index in [0.29, 0.717) is 0 Å². The van der Waals surface area contributed by atoms with Crippen LogP contribution in [-0.4, -0.2) is 34.8 Å². The smallest absolute Gasteiger partial charge is 0.0169 e. The highest BCUT2D eigenvalue weighted by Crippen LogP contribution is 2.69. The Hall–Kier alpha value is 1.73. The summed E-state index contributed by atoms with van der Waals surface area (Å²) in [6.07, 6.45) is 8.53. The molecule has 0 N–H and O–H groups in total. The monoisotopic (exact) mass is 454 g/mol. The van der Waals surface area contributed by atoms with Gasteiger partial charge in [-0.1, -0.05) is 12.8 Å². The Bertz CT molecular complexity index is 182. The van der Waals surface area contributed by atoms with Crippen molar-refractivity contribution >= 4 is 47.2 Å². The number of halogens is 2. The van der Waals surface area contributed by atoms with Gasteiger partial charge in [-0.2, -0.15) is 0 Å². The second-order valence-corrected chi connectivity index (χ2v) is 18.7. The molecule has 2 aliphatic rings. The second kappa shape index (κ2) is 6.06. The van der Waals surface area contributed by atoms with Crippen molar-refractivity contribution in [2.45, 2.75) is 38.5 Å². The van der Waals surface area contributed by atoms with Crippen molar-refractivity contribution in [1.82, 2.24) is 8.61 Å². The molecule has 2 saturated heterocycles. The zero-order valence-corrected chi connectivity index (χ0v) is 14.3. The maximum atomic E-state index is 2.75. The molecule has 90 valence electrons. The van der Waals surface area contributed by atoms with Gasteiger partial charge in [-0.05, 0) is 30.4 Å². The Morgan fingerprint density at radius 1 is 0.600 bits per heavy atom. The van der Waals surface area contributed by atoms with E-state index in [1.807, 2.05) is 0 Å². The van der Waals surface area contributed by atoms with Gasteiger partial charge in [0.05, 0.1) is 0 Å².